The van der Waals surface area contributed by atoms with E-state index in [1.54, 1.807) is 6.92 Å². The molecule has 2 aromatic rings. The van der Waals surface area contributed by atoms with Gasteiger partial charge in [-0.3, -0.25) is 14.9 Å². The molecule has 0 saturated carbocycles. The van der Waals surface area contributed by atoms with Crippen LogP contribution in [0.1, 0.15) is 57.6 Å². The minimum atomic E-state index is -0.895. The highest BCUT2D eigenvalue weighted by molar-refractivity contribution is 6.10. The number of hydrogen-bond donors (Lipinski definition) is 3. The van der Waals surface area contributed by atoms with Crippen LogP contribution in [0.5, 0.6) is 0 Å². The van der Waals surface area contributed by atoms with Crippen LogP contribution in [0.3, 0.4) is 0 Å². The minimum Gasteiger partial charge on any atom is -0.462 e. The van der Waals surface area contributed by atoms with Gasteiger partial charge in [-0.2, -0.15) is 0 Å². The first-order valence-corrected chi connectivity index (χ1v) is 9.19. The lowest BCUT2D eigenvalue weighted by Gasteiger charge is -2.07. The summed E-state index contributed by atoms with van der Waals surface area (Å²) in [5.41, 5.74) is 6.79. The Morgan fingerprint density at radius 1 is 1.14 bits per heavy atom. The molecule has 0 radical (unpaired) electrons. The predicted octanol–water partition coefficient (Wildman–Crippen LogP) is 2.10. The van der Waals surface area contributed by atoms with Crippen LogP contribution in [0.15, 0.2) is 10.5 Å². The first-order valence-electron chi connectivity index (χ1n) is 9.19. The molecule has 10 nitrogen and oxygen atoms in total. The number of nitrogens with zero attached hydrogens (tertiary/aromatic N) is 2. The average molecular weight is 403 g/mol. The number of primary amides is 1. The summed E-state index contributed by atoms with van der Waals surface area (Å²) < 4.78 is 10.3. The van der Waals surface area contributed by atoms with Gasteiger partial charge in [0.2, 0.25) is 17.7 Å². The Morgan fingerprint density at radius 3 is 2.38 bits per heavy atom. The quantitative estimate of drug-likeness (QED) is 0.425. The van der Waals surface area contributed by atoms with Gasteiger partial charge in [-0.05, 0) is 40.2 Å². The molecule has 2 amide bonds. The molecule has 4 N–H and O–H groups in total. The standard InChI is InChI=1S/C19H25N5O5/c1-5-28-18(27)14-12(4)29-17(15(14)16(20)26)24-13(25)7-6-8-21-19-22-10(2)9-11(3)23-19/h9H,5-8H2,1-4H3,(H2,20,26)(H,24,25)(H,21,22,23). The lowest BCUT2D eigenvalue weighted by atomic mass is 10.1. The number of amides is 2. The summed E-state index contributed by atoms with van der Waals surface area (Å²) >= 11 is 0. The lowest BCUT2D eigenvalue weighted by molar-refractivity contribution is -0.116. The van der Waals surface area contributed by atoms with E-state index in [-0.39, 0.29) is 41.7 Å². The number of anilines is 2. The second-order valence-corrected chi connectivity index (χ2v) is 6.37. The Hall–Kier alpha value is -3.43. The molecular weight excluding hydrogens is 378 g/mol. The summed E-state index contributed by atoms with van der Waals surface area (Å²) in [6, 6.07) is 1.87. The van der Waals surface area contributed by atoms with Crippen molar-refractivity contribution < 1.29 is 23.5 Å². The van der Waals surface area contributed by atoms with E-state index in [4.69, 9.17) is 14.9 Å². The van der Waals surface area contributed by atoms with Gasteiger partial charge in [0, 0.05) is 24.4 Å². The Kier molecular flexibility index (Phi) is 7.29. The van der Waals surface area contributed by atoms with Crippen molar-refractivity contribution in [3.05, 3.63) is 34.3 Å². The van der Waals surface area contributed by atoms with E-state index in [0.29, 0.717) is 18.9 Å². The zero-order valence-electron chi connectivity index (χ0n) is 16.9. The summed E-state index contributed by atoms with van der Waals surface area (Å²) in [4.78, 5) is 44.6. The number of carbonyl (C=O) groups is 3. The number of hydrogen-bond acceptors (Lipinski definition) is 8. The fraction of sp³-hybridized carbons (Fsp3) is 0.421. The molecule has 0 aromatic carbocycles. The van der Waals surface area contributed by atoms with Gasteiger partial charge in [0.1, 0.15) is 16.9 Å². The topological polar surface area (TPSA) is 149 Å². The highest BCUT2D eigenvalue weighted by atomic mass is 16.5. The molecule has 10 heteroatoms. The first kappa shape index (κ1) is 21.9. The van der Waals surface area contributed by atoms with Gasteiger partial charge in [-0.1, -0.05) is 0 Å². The van der Waals surface area contributed by atoms with Gasteiger partial charge in [0.15, 0.2) is 0 Å². The molecule has 0 spiro atoms. The van der Waals surface area contributed by atoms with Crippen molar-refractivity contribution >= 4 is 29.6 Å². The smallest absolute Gasteiger partial charge is 0.342 e. The fourth-order valence-corrected chi connectivity index (χ4v) is 2.76. The summed E-state index contributed by atoms with van der Waals surface area (Å²) in [6.45, 7) is 7.48. The van der Waals surface area contributed by atoms with Gasteiger partial charge < -0.3 is 20.2 Å². The van der Waals surface area contributed by atoms with Crippen LogP contribution in [0, 0.1) is 20.8 Å². The van der Waals surface area contributed by atoms with Crippen LogP contribution in [0.4, 0.5) is 11.8 Å². The van der Waals surface area contributed by atoms with E-state index in [1.807, 2.05) is 19.9 Å². The number of ether oxygens (including phenoxy) is 1. The van der Waals surface area contributed by atoms with Gasteiger partial charge in [0.05, 0.1) is 6.61 Å². The Morgan fingerprint density at radius 2 is 1.79 bits per heavy atom. The molecule has 0 unspecified atom stereocenters. The number of nitrogens with one attached hydrogen (secondary N) is 2. The third-order valence-corrected chi connectivity index (χ3v) is 3.91. The molecule has 0 aliphatic heterocycles. The normalized spacial score (nSPS) is 10.5. The van der Waals surface area contributed by atoms with E-state index < -0.39 is 11.9 Å². The van der Waals surface area contributed by atoms with E-state index in [0.717, 1.165) is 11.4 Å². The molecule has 0 saturated heterocycles. The van der Waals surface area contributed by atoms with Crippen molar-refractivity contribution in [1.82, 2.24) is 9.97 Å². The zero-order valence-corrected chi connectivity index (χ0v) is 16.9. The van der Waals surface area contributed by atoms with Crippen LogP contribution < -0.4 is 16.4 Å². The third kappa shape index (κ3) is 5.77. The maximum Gasteiger partial charge on any atom is 0.342 e. The molecule has 0 fully saturated rings. The van der Waals surface area contributed by atoms with Crippen LogP contribution in [-0.4, -0.2) is 40.9 Å². The SMILES string of the molecule is CCOC(=O)c1c(C)oc(NC(=O)CCCNc2nc(C)cc(C)n2)c1C(N)=O. The monoisotopic (exact) mass is 403 g/mol. The highest BCUT2D eigenvalue weighted by Crippen LogP contribution is 2.27. The van der Waals surface area contributed by atoms with E-state index in [1.165, 1.54) is 6.92 Å². The summed E-state index contributed by atoms with van der Waals surface area (Å²) in [6.07, 6.45) is 0.628. The van der Waals surface area contributed by atoms with E-state index in [9.17, 15) is 14.4 Å². The highest BCUT2D eigenvalue weighted by Gasteiger charge is 2.28. The van der Waals surface area contributed by atoms with Crippen LogP contribution in [0.2, 0.25) is 0 Å². The summed E-state index contributed by atoms with van der Waals surface area (Å²) in [5.74, 6) is -1.54. The van der Waals surface area contributed by atoms with Gasteiger partial charge in [0.25, 0.3) is 5.91 Å². The maximum atomic E-state index is 12.2. The average Bonchev–Trinajstić information content (AvgIpc) is 2.94. The fourth-order valence-electron chi connectivity index (χ4n) is 2.76. The van der Waals surface area contributed by atoms with Crippen LogP contribution >= 0.6 is 0 Å². The molecule has 156 valence electrons. The molecule has 0 atom stereocenters. The molecule has 0 aliphatic carbocycles. The van der Waals surface area contributed by atoms with Gasteiger partial charge in [-0.25, -0.2) is 14.8 Å². The number of aromatic nitrogens is 2. The van der Waals surface area contributed by atoms with Crippen molar-refractivity contribution in [3.63, 3.8) is 0 Å². The molecular formula is C19H25N5O5. The number of esters is 1. The molecule has 2 aromatic heterocycles. The van der Waals surface area contributed by atoms with Crippen LogP contribution in [-0.2, 0) is 9.53 Å². The Balaban J connectivity index is 1.97. The van der Waals surface area contributed by atoms with Crippen molar-refractivity contribution in [3.8, 4) is 0 Å². The third-order valence-electron chi connectivity index (χ3n) is 3.91. The van der Waals surface area contributed by atoms with Crippen molar-refractivity contribution in [2.75, 3.05) is 23.8 Å². The number of aryl methyl sites for hydroxylation is 3. The second kappa shape index (κ2) is 9.67. The molecule has 29 heavy (non-hydrogen) atoms. The molecule has 2 rings (SSSR count). The number of carbonyl (C=O) groups excluding carboxylic acids is 3. The largest absolute Gasteiger partial charge is 0.462 e. The Labute approximate surface area is 168 Å². The molecule has 0 aliphatic rings. The van der Waals surface area contributed by atoms with E-state index in [2.05, 4.69) is 20.6 Å². The van der Waals surface area contributed by atoms with Gasteiger partial charge in [-0.15, -0.1) is 0 Å². The Bertz CT molecular complexity index is 902. The van der Waals surface area contributed by atoms with Gasteiger partial charge >= 0.3 is 5.97 Å². The lowest BCUT2D eigenvalue weighted by Crippen LogP contribution is -2.20. The number of furan rings is 1. The van der Waals surface area contributed by atoms with E-state index >= 15 is 0 Å². The maximum absolute atomic E-state index is 12.2. The first-order chi connectivity index (χ1) is 13.7. The number of nitrogens with two attached hydrogens (primary N) is 1. The predicted molar refractivity (Wildman–Crippen MR) is 106 cm³/mol. The van der Waals surface area contributed by atoms with Crippen molar-refractivity contribution in [1.29, 1.82) is 0 Å². The molecule has 0 bridgehead atoms. The second-order valence-electron chi connectivity index (χ2n) is 6.37. The summed E-state index contributed by atoms with van der Waals surface area (Å²) in [7, 11) is 0. The zero-order chi connectivity index (χ0) is 21.6. The molecule has 2 heterocycles. The van der Waals surface area contributed by atoms with Crippen molar-refractivity contribution in [2.24, 2.45) is 5.73 Å². The number of rotatable bonds is 9. The minimum absolute atomic E-state index is 0.0803. The van der Waals surface area contributed by atoms with Crippen molar-refractivity contribution in [2.45, 2.75) is 40.5 Å². The summed E-state index contributed by atoms with van der Waals surface area (Å²) in [5, 5.41) is 5.55. The van der Waals surface area contributed by atoms with Crippen LogP contribution in [0.25, 0.3) is 0 Å².